The van der Waals surface area contributed by atoms with Crippen molar-refractivity contribution in [2.24, 2.45) is 0 Å². The van der Waals surface area contributed by atoms with E-state index in [2.05, 4.69) is 49.5 Å². The normalized spacial score (nSPS) is 14.1. The Hall–Kier alpha value is -2.07. The minimum Gasteiger partial charge on any atom is -0.462 e. The molecule has 0 spiro atoms. The Balaban J connectivity index is 4.45. The minimum absolute atomic E-state index is 0.0183. The SMILES string of the molecule is CCCCCCCCCCCCCCCC(=O)O[C@H](COC(=O)CCC/C=C\C/C=C\C/C=C\C/C=C\CCCCCO)COP(=O)(O)OCC[N+](C)(C)C. The van der Waals surface area contributed by atoms with E-state index in [0.29, 0.717) is 23.9 Å². The number of hydrogen-bond donors (Lipinski definition) is 2. The first-order valence-electron chi connectivity index (χ1n) is 21.5. The van der Waals surface area contributed by atoms with Crippen LogP contribution in [0.1, 0.15) is 161 Å². The third kappa shape index (κ3) is 41.4. The Morgan fingerprint density at radius 1 is 0.600 bits per heavy atom. The number of carbonyl (C=O) groups excluding carboxylic acids is 2. The number of phosphoric ester groups is 1. The topological polar surface area (TPSA) is 129 Å². The lowest BCUT2D eigenvalue weighted by molar-refractivity contribution is -0.870. The molecule has 11 heteroatoms. The number of aliphatic hydroxyl groups is 1. The summed E-state index contributed by atoms with van der Waals surface area (Å²) in [5, 5.41) is 8.79. The number of hydrogen-bond acceptors (Lipinski definition) is 8. The number of rotatable bonds is 39. The quantitative estimate of drug-likeness (QED) is 0.0205. The van der Waals surface area contributed by atoms with Crippen LogP contribution in [0.15, 0.2) is 48.6 Å². The van der Waals surface area contributed by atoms with E-state index in [1.807, 2.05) is 27.2 Å². The number of phosphoric acid groups is 1. The molecule has 0 amide bonds. The maximum atomic E-state index is 12.7. The van der Waals surface area contributed by atoms with Gasteiger partial charge in [-0.05, 0) is 57.8 Å². The van der Waals surface area contributed by atoms with Gasteiger partial charge in [-0.2, -0.15) is 0 Å². The van der Waals surface area contributed by atoms with Crippen LogP contribution in [0.2, 0.25) is 0 Å². The van der Waals surface area contributed by atoms with Crippen molar-refractivity contribution < 1.29 is 47.2 Å². The second-order valence-electron chi connectivity index (χ2n) is 15.5. The number of aliphatic hydroxyl groups excluding tert-OH is 1. The van der Waals surface area contributed by atoms with Crippen molar-refractivity contribution in [3.8, 4) is 0 Å². The third-order valence-corrected chi connectivity index (χ3v) is 9.90. The van der Waals surface area contributed by atoms with Crippen molar-refractivity contribution in [3.63, 3.8) is 0 Å². The summed E-state index contributed by atoms with van der Waals surface area (Å²) in [5.41, 5.74) is 0. The van der Waals surface area contributed by atoms with E-state index < -0.39 is 32.5 Å². The van der Waals surface area contributed by atoms with Gasteiger partial charge < -0.3 is 24.0 Å². The number of nitrogens with zero attached hydrogens (tertiary/aromatic N) is 1. The zero-order valence-corrected chi connectivity index (χ0v) is 36.2. The summed E-state index contributed by atoms with van der Waals surface area (Å²) in [6.07, 6.45) is 40.3. The monoisotopic (exact) mass is 799 g/mol. The fourth-order valence-electron chi connectivity index (χ4n) is 5.51. The first-order valence-corrected chi connectivity index (χ1v) is 23.0. The highest BCUT2D eigenvalue weighted by molar-refractivity contribution is 7.47. The van der Waals surface area contributed by atoms with Gasteiger partial charge in [0.15, 0.2) is 6.10 Å². The van der Waals surface area contributed by atoms with Crippen molar-refractivity contribution in [1.29, 1.82) is 0 Å². The molecule has 10 nitrogen and oxygen atoms in total. The minimum atomic E-state index is -4.39. The lowest BCUT2D eigenvalue weighted by Gasteiger charge is -2.24. The lowest BCUT2D eigenvalue weighted by atomic mass is 10.0. The largest absolute Gasteiger partial charge is 0.472 e. The lowest BCUT2D eigenvalue weighted by Crippen LogP contribution is -2.37. The highest BCUT2D eigenvalue weighted by Gasteiger charge is 2.27. The molecule has 0 aromatic heterocycles. The average molecular weight is 799 g/mol. The van der Waals surface area contributed by atoms with Crippen LogP contribution >= 0.6 is 7.82 Å². The molecule has 0 bridgehead atoms. The predicted octanol–water partition coefficient (Wildman–Crippen LogP) is 10.9. The first kappa shape index (κ1) is 52.9. The molecule has 0 aromatic rings. The summed E-state index contributed by atoms with van der Waals surface area (Å²) in [7, 11) is 1.43. The highest BCUT2D eigenvalue weighted by Crippen LogP contribution is 2.43. The van der Waals surface area contributed by atoms with Crippen molar-refractivity contribution in [2.45, 2.75) is 167 Å². The molecular weight excluding hydrogens is 717 g/mol. The van der Waals surface area contributed by atoms with Gasteiger partial charge in [0.1, 0.15) is 19.8 Å². The van der Waals surface area contributed by atoms with Crippen LogP contribution < -0.4 is 0 Å². The molecule has 320 valence electrons. The molecule has 0 aromatic carbocycles. The van der Waals surface area contributed by atoms with Gasteiger partial charge in [-0.1, -0.05) is 139 Å². The van der Waals surface area contributed by atoms with Crippen LogP contribution in [0.5, 0.6) is 0 Å². The van der Waals surface area contributed by atoms with E-state index in [-0.39, 0.29) is 32.7 Å². The number of ether oxygens (including phenoxy) is 2. The van der Waals surface area contributed by atoms with E-state index >= 15 is 0 Å². The predicted molar refractivity (Wildman–Crippen MR) is 226 cm³/mol. The van der Waals surface area contributed by atoms with Crippen molar-refractivity contribution in [3.05, 3.63) is 48.6 Å². The molecule has 1 unspecified atom stereocenters. The summed E-state index contributed by atoms with van der Waals surface area (Å²) in [4.78, 5) is 35.3. The van der Waals surface area contributed by atoms with E-state index in [0.717, 1.165) is 70.6 Å². The number of unbranched alkanes of at least 4 members (excludes halogenated alkanes) is 16. The van der Waals surface area contributed by atoms with Crippen LogP contribution in [0.4, 0.5) is 0 Å². The van der Waals surface area contributed by atoms with Gasteiger partial charge in [0.05, 0.1) is 27.7 Å². The third-order valence-electron chi connectivity index (χ3n) is 8.92. The molecule has 0 heterocycles. The van der Waals surface area contributed by atoms with Gasteiger partial charge >= 0.3 is 19.8 Å². The summed E-state index contributed by atoms with van der Waals surface area (Å²) in [5.74, 6) is -0.878. The Labute approximate surface area is 336 Å². The smallest absolute Gasteiger partial charge is 0.462 e. The van der Waals surface area contributed by atoms with E-state index in [4.69, 9.17) is 23.6 Å². The Kier molecular flexibility index (Phi) is 36.1. The molecule has 0 aliphatic rings. The molecular formula is C44H81NO9P+. The summed E-state index contributed by atoms with van der Waals surface area (Å²) >= 11 is 0. The highest BCUT2D eigenvalue weighted by atomic mass is 31.2. The molecule has 0 rings (SSSR count). The van der Waals surface area contributed by atoms with Gasteiger partial charge in [-0.25, -0.2) is 4.57 Å². The van der Waals surface area contributed by atoms with E-state index in [1.54, 1.807) is 0 Å². The van der Waals surface area contributed by atoms with E-state index in [9.17, 15) is 19.0 Å². The molecule has 0 saturated carbocycles. The standard InChI is InChI=1S/C44H80NO9P/c1-5-6-7-8-9-10-11-17-21-24-27-30-33-36-44(48)54-42(41-53-55(49,50)52-39-37-45(2,3)4)40-51-43(47)35-32-29-26-23-20-18-15-13-12-14-16-19-22-25-28-31-34-38-46/h12,14-15,18-19,22-23,26,42,46H,5-11,13,16-17,20-21,24-25,27-41H2,1-4H3/p+1/b14-12-,18-15-,22-19-,26-23-/t42-/m1/s1. The molecule has 0 aliphatic carbocycles. The van der Waals surface area contributed by atoms with Crippen LogP contribution in [0, 0.1) is 0 Å². The van der Waals surface area contributed by atoms with Crippen molar-refractivity contribution >= 4 is 19.8 Å². The first-order chi connectivity index (χ1) is 26.5. The van der Waals surface area contributed by atoms with Gasteiger partial charge in [0.25, 0.3) is 0 Å². The Morgan fingerprint density at radius 2 is 1.07 bits per heavy atom. The van der Waals surface area contributed by atoms with Crippen LogP contribution in [0.3, 0.4) is 0 Å². The number of allylic oxidation sites excluding steroid dienone is 8. The number of quaternary nitrogens is 1. The number of esters is 2. The zero-order valence-electron chi connectivity index (χ0n) is 35.3. The second kappa shape index (κ2) is 37.5. The van der Waals surface area contributed by atoms with Crippen LogP contribution in [-0.2, 0) is 32.7 Å². The van der Waals surface area contributed by atoms with Gasteiger partial charge in [-0.15, -0.1) is 0 Å². The van der Waals surface area contributed by atoms with Gasteiger partial charge in [0, 0.05) is 19.4 Å². The van der Waals surface area contributed by atoms with Crippen molar-refractivity contribution in [1.82, 2.24) is 0 Å². The average Bonchev–Trinajstić information content (AvgIpc) is 3.13. The molecule has 2 atom stereocenters. The Bertz CT molecular complexity index is 1080. The summed E-state index contributed by atoms with van der Waals surface area (Å²) in [6.45, 7) is 2.35. The number of likely N-dealkylation sites (N-methyl/N-ethyl adjacent to an activating group) is 1. The number of carbonyl (C=O) groups is 2. The van der Waals surface area contributed by atoms with Gasteiger partial charge in [0.2, 0.25) is 0 Å². The maximum Gasteiger partial charge on any atom is 0.472 e. The zero-order chi connectivity index (χ0) is 40.7. The Morgan fingerprint density at radius 3 is 1.60 bits per heavy atom. The molecule has 2 N–H and O–H groups in total. The fraction of sp³-hybridized carbons (Fsp3) is 0.773. The molecule has 0 aliphatic heterocycles. The molecule has 0 fully saturated rings. The van der Waals surface area contributed by atoms with Crippen LogP contribution in [-0.4, -0.2) is 86.6 Å². The van der Waals surface area contributed by atoms with Crippen molar-refractivity contribution in [2.75, 3.05) is 54.1 Å². The van der Waals surface area contributed by atoms with Gasteiger partial charge in [-0.3, -0.25) is 18.6 Å². The molecule has 55 heavy (non-hydrogen) atoms. The molecule has 0 saturated heterocycles. The fourth-order valence-corrected chi connectivity index (χ4v) is 6.26. The molecule has 0 radical (unpaired) electrons. The summed E-state index contributed by atoms with van der Waals surface area (Å²) < 4.78 is 34.2. The van der Waals surface area contributed by atoms with Crippen LogP contribution in [0.25, 0.3) is 0 Å². The van der Waals surface area contributed by atoms with E-state index in [1.165, 1.54) is 57.8 Å². The maximum absolute atomic E-state index is 12.7. The second-order valence-corrected chi connectivity index (χ2v) is 16.9. The summed E-state index contributed by atoms with van der Waals surface area (Å²) in [6, 6.07) is 0.